The van der Waals surface area contributed by atoms with Crippen molar-refractivity contribution in [3.8, 4) is 11.5 Å². The normalized spacial score (nSPS) is 13.9. The zero-order chi connectivity index (χ0) is 21.3. The average Bonchev–Trinajstić information content (AvgIpc) is 2.78. The summed E-state index contributed by atoms with van der Waals surface area (Å²) in [5, 5.41) is 6.44. The van der Waals surface area contributed by atoms with E-state index >= 15 is 0 Å². The van der Waals surface area contributed by atoms with E-state index in [1.165, 1.54) is 0 Å². The number of hydrogen-bond acceptors (Lipinski definition) is 5. The Morgan fingerprint density at radius 1 is 1.10 bits per heavy atom. The van der Waals surface area contributed by atoms with Gasteiger partial charge in [-0.3, -0.25) is 0 Å². The van der Waals surface area contributed by atoms with Crippen LogP contribution in [0.15, 0.2) is 41.4 Å². The quantitative estimate of drug-likeness (QED) is 0.314. The highest BCUT2D eigenvalue weighted by Crippen LogP contribution is 2.29. The Balaban J connectivity index is 0.00000341. The number of anilines is 2. The Morgan fingerprint density at radius 2 is 1.84 bits per heavy atom. The summed E-state index contributed by atoms with van der Waals surface area (Å²) in [5.74, 6) is 1.64. The van der Waals surface area contributed by atoms with Crippen molar-refractivity contribution in [2.75, 3.05) is 57.3 Å². The van der Waals surface area contributed by atoms with Crippen LogP contribution in [0.4, 0.5) is 15.8 Å². The summed E-state index contributed by atoms with van der Waals surface area (Å²) in [6, 6.07) is 10.8. The molecular formula is C22H30FIN4O3. The highest BCUT2D eigenvalue weighted by molar-refractivity contribution is 14.0. The van der Waals surface area contributed by atoms with Crippen molar-refractivity contribution in [3.05, 3.63) is 47.8 Å². The Labute approximate surface area is 200 Å². The number of hydrogen-bond donors (Lipinski definition) is 2. The van der Waals surface area contributed by atoms with Gasteiger partial charge in [0.2, 0.25) is 0 Å². The lowest BCUT2D eigenvalue weighted by molar-refractivity contribution is 0.122. The fourth-order valence-corrected chi connectivity index (χ4v) is 3.24. The number of nitrogens with zero attached hydrogens (tertiary/aromatic N) is 2. The maximum Gasteiger partial charge on any atom is 0.196 e. The van der Waals surface area contributed by atoms with Gasteiger partial charge in [-0.25, -0.2) is 9.38 Å². The van der Waals surface area contributed by atoms with Gasteiger partial charge in [0.1, 0.15) is 5.82 Å². The van der Waals surface area contributed by atoms with Gasteiger partial charge in [-0.15, -0.1) is 24.0 Å². The van der Waals surface area contributed by atoms with E-state index in [0.29, 0.717) is 62.5 Å². The predicted molar refractivity (Wildman–Crippen MR) is 133 cm³/mol. The van der Waals surface area contributed by atoms with Crippen LogP contribution in [0.25, 0.3) is 0 Å². The monoisotopic (exact) mass is 544 g/mol. The van der Waals surface area contributed by atoms with Crippen LogP contribution < -0.4 is 25.0 Å². The molecule has 0 unspecified atom stereocenters. The molecule has 0 amide bonds. The molecule has 1 saturated heterocycles. The predicted octanol–water partition coefficient (Wildman–Crippen LogP) is 3.88. The second-order valence-corrected chi connectivity index (χ2v) is 6.78. The molecule has 0 bridgehead atoms. The lowest BCUT2D eigenvalue weighted by atomic mass is 10.1. The summed E-state index contributed by atoms with van der Waals surface area (Å²) in [6.45, 7) is 5.69. The van der Waals surface area contributed by atoms with Crippen LogP contribution in [-0.2, 0) is 11.3 Å². The van der Waals surface area contributed by atoms with Crippen LogP contribution in [0.2, 0.25) is 0 Å². The van der Waals surface area contributed by atoms with Crippen molar-refractivity contribution < 1.29 is 18.6 Å². The second kappa shape index (κ2) is 12.6. The molecule has 0 atom stereocenters. The number of morpholine rings is 1. The number of ether oxygens (including phenoxy) is 3. The van der Waals surface area contributed by atoms with Gasteiger partial charge in [-0.05, 0) is 36.8 Å². The average molecular weight is 544 g/mol. The third-order valence-corrected chi connectivity index (χ3v) is 4.77. The summed E-state index contributed by atoms with van der Waals surface area (Å²) >= 11 is 0. The zero-order valence-electron chi connectivity index (χ0n) is 18.1. The summed E-state index contributed by atoms with van der Waals surface area (Å²) in [5.41, 5.74) is 2.22. The van der Waals surface area contributed by atoms with Crippen molar-refractivity contribution >= 4 is 41.3 Å². The summed E-state index contributed by atoms with van der Waals surface area (Å²) in [7, 11) is 3.19. The fraction of sp³-hybridized carbons (Fsp3) is 0.409. The fourth-order valence-electron chi connectivity index (χ4n) is 3.24. The number of rotatable bonds is 7. The van der Waals surface area contributed by atoms with Crippen molar-refractivity contribution in [2.24, 2.45) is 4.99 Å². The summed E-state index contributed by atoms with van der Waals surface area (Å²) in [4.78, 5) is 6.59. The van der Waals surface area contributed by atoms with Gasteiger partial charge in [0, 0.05) is 31.4 Å². The third-order valence-electron chi connectivity index (χ3n) is 4.77. The smallest absolute Gasteiger partial charge is 0.196 e. The molecular weight excluding hydrogens is 514 g/mol. The van der Waals surface area contributed by atoms with Gasteiger partial charge in [0.05, 0.1) is 39.7 Å². The van der Waals surface area contributed by atoms with Crippen LogP contribution >= 0.6 is 24.0 Å². The van der Waals surface area contributed by atoms with Gasteiger partial charge < -0.3 is 29.7 Å². The summed E-state index contributed by atoms with van der Waals surface area (Å²) < 4.78 is 30.6. The standard InChI is InChI=1S/C22H29FN4O3.HI/c1-4-24-22(26-17-6-8-20(28-2)21(14-17)29-3)25-15-16-5-7-19(18(23)13-16)27-9-11-30-12-10-27;/h5-8,13-14H,4,9-12,15H2,1-3H3,(H2,24,25,26);1H. The zero-order valence-corrected chi connectivity index (χ0v) is 20.4. The van der Waals surface area contributed by atoms with E-state index in [2.05, 4.69) is 15.6 Å². The number of benzene rings is 2. The van der Waals surface area contributed by atoms with Crippen LogP contribution in [0.1, 0.15) is 12.5 Å². The van der Waals surface area contributed by atoms with Crippen molar-refractivity contribution in [2.45, 2.75) is 13.5 Å². The molecule has 2 aromatic rings. The van der Waals surface area contributed by atoms with Crippen molar-refractivity contribution in [3.63, 3.8) is 0 Å². The third kappa shape index (κ3) is 6.86. The number of aliphatic imine (C=N–C) groups is 1. The Morgan fingerprint density at radius 3 is 2.48 bits per heavy atom. The number of halogens is 2. The molecule has 1 fully saturated rings. The molecule has 170 valence electrons. The first-order valence-electron chi connectivity index (χ1n) is 10.0. The highest BCUT2D eigenvalue weighted by atomic mass is 127. The maximum atomic E-state index is 14.6. The van der Waals surface area contributed by atoms with Crippen LogP contribution in [0.3, 0.4) is 0 Å². The molecule has 2 aromatic carbocycles. The van der Waals surface area contributed by atoms with Crippen molar-refractivity contribution in [1.82, 2.24) is 5.32 Å². The van der Waals surface area contributed by atoms with E-state index in [9.17, 15) is 4.39 Å². The van der Waals surface area contributed by atoms with Gasteiger partial charge in [0.15, 0.2) is 17.5 Å². The minimum atomic E-state index is -0.234. The summed E-state index contributed by atoms with van der Waals surface area (Å²) in [6.07, 6.45) is 0. The molecule has 1 aliphatic rings. The molecule has 2 N–H and O–H groups in total. The molecule has 3 rings (SSSR count). The van der Waals surface area contributed by atoms with Crippen molar-refractivity contribution in [1.29, 1.82) is 0 Å². The van der Waals surface area contributed by atoms with Gasteiger partial charge in [-0.1, -0.05) is 6.07 Å². The van der Waals surface area contributed by atoms with Crippen LogP contribution in [0, 0.1) is 5.82 Å². The Kier molecular flexibility index (Phi) is 10.1. The molecule has 31 heavy (non-hydrogen) atoms. The molecule has 0 aliphatic carbocycles. The first kappa shape index (κ1) is 25.0. The number of nitrogens with one attached hydrogen (secondary N) is 2. The number of guanidine groups is 1. The minimum Gasteiger partial charge on any atom is -0.493 e. The molecule has 1 heterocycles. The molecule has 1 aliphatic heterocycles. The lowest BCUT2D eigenvalue weighted by Gasteiger charge is -2.29. The molecule has 7 nitrogen and oxygen atoms in total. The van der Waals surface area contributed by atoms with E-state index in [1.807, 2.05) is 42.2 Å². The van der Waals surface area contributed by atoms with Gasteiger partial charge in [0.25, 0.3) is 0 Å². The molecule has 0 spiro atoms. The van der Waals surface area contributed by atoms with E-state index in [-0.39, 0.29) is 29.8 Å². The van der Waals surface area contributed by atoms with E-state index in [4.69, 9.17) is 14.2 Å². The molecule has 0 aromatic heterocycles. The van der Waals surface area contributed by atoms with Gasteiger partial charge in [-0.2, -0.15) is 0 Å². The first-order chi connectivity index (χ1) is 14.6. The topological polar surface area (TPSA) is 67.4 Å². The van der Waals surface area contributed by atoms with E-state index in [0.717, 1.165) is 11.3 Å². The SMILES string of the molecule is CCNC(=NCc1ccc(N2CCOCC2)c(F)c1)Nc1ccc(OC)c(OC)c1.I. The maximum absolute atomic E-state index is 14.6. The molecule has 0 radical (unpaired) electrons. The second-order valence-electron chi connectivity index (χ2n) is 6.78. The lowest BCUT2D eigenvalue weighted by Crippen LogP contribution is -2.36. The molecule has 9 heteroatoms. The van der Waals surface area contributed by atoms with E-state index in [1.54, 1.807) is 20.3 Å². The Bertz CT molecular complexity index is 876. The number of methoxy groups -OCH3 is 2. The largest absolute Gasteiger partial charge is 0.493 e. The first-order valence-corrected chi connectivity index (χ1v) is 10.0. The highest BCUT2D eigenvalue weighted by Gasteiger charge is 2.15. The Hall–Kier alpha value is -2.27. The van der Waals surface area contributed by atoms with Crippen LogP contribution in [-0.4, -0.2) is 53.0 Å². The molecule has 0 saturated carbocycles. The van der Waals surface area contributed by atoms with Gasteiger partial charge >= 0.3 is 0 Å². The minimum absolute atomic E-state index is 0. The van der Waals surface area contributed by atoms with Crippen LogP contribution in [0.5, 0.6) is 11.5 Å². The van der Waals surface area contributed by atoms with E-state index < -0.39 is 0 Å².